The summed E-state index contributed by atoms with van der Waals surface area (Å²) in [6, 6.07) is 5.64. The van der Waals surface area contributed by atoms with Crippen molar-refractivity contribution in [2.24, 2.45) is 0 Å². The number of nitrogens with one attached hydrogen (secondary N) is 3. The Morgan fingerprint density at radius 1 is 1.23 bits per heavy atom. The first-order valence-electron chi connectivity index (χ1n) is 3.83. The van der Waals surface area contributed by atoms with Crippen LogP contribution in [0.2, 0.25) is 0 Å². The monoisotopic (exact) mass is 181 g/mol. The number of urea groups is 1. The van der Waals surface area contributed by atoms with Crippen LogP contribution < -0.4 is 16.2 Å². The lowest BCUT2D eigenvalue weighted by Crippen LogP contribution is -2.26. The highest BCUT2D eigenvalue weighted by atomic mass is 19.1. The van der Waals surface area contributed by atoms with Crippen LogP contribution in [0.25, 0.3) is 0 Å². The van der Waals surface area contributed by atoms with Crippen LogP contribution in [0, 0.1) is 5.82 Å². The Kier molecular flexibility index (Phi) is 1.86. The van der Waals surface area contributed by atoms with Gasteiger partial charge in [-0.05, 0) is 17.7 Å². The van der Waals surface area contributed by atoms with Gasteiger partial charge in [0.05, 0.1) is 0 Å². The molecule has 1 heterocycles. The number of carbonyl (C=O) groups excluding carboxylic acids is 1. The number of carbonyl (C=O) groups is 1. The third-order valence-corrected chi connectivity index (χ3v) is 1.81. The van der Waals surface area contributed by atoms with Gasteiger partial charge in [0.25, 0.3) is 0 Å². The van der Waals surface area contributed by atoms with Crippen LogP contribution in [-0.2, 0) is 0 Å². The average Bonchev–Trinajstić information content (AvgIpc) is 2.53. The Bertz CT molecular complexity index is 325. The molecular weight excluding hydrogens is 173 g/mol. The molecule has 1 saturated heterocycles. The first-order valence-corrected chi connectivity index (χ1v) is 3.83. The van der Waals surface area contributed by atoms with Gasteiger partial charge in [-0.25, -0.2) is 14.6 Å². The highest BCUT2D eigenvalue weighted by Crippen LogP contribution is 2.11. The summed E-state index contributed by atoms with van der Waals surface area (Å²) in [7, 11) is 0. The second kappa shape index (κ2) is 3.02. The maximum Gasteiger partial charge on any atom is 0.330 e. The van der Waals surface area contributed by atoms with Crippen molar-refractivity contribution in [2.75, 3.05) is 0 Å². The number of hydrogen-bond acceptors (Lipinski definition) is 2. The summed E-state index contributed by atoms with van der Waals surface area (Å²) in [5, 5.41) is 2.61. The molecule has 1 aromatic rings. The fourth-order valence-corrected chi connectivity index (χ4v) is 1.16. The SMILES string of the molecule is O=C1NNC(c2ccc(F)cc2)N1. The van der Waals surface area contributed by atoms with Crippen molar-refractivity contribution in [1.82, 2.24) is 16.2 Å². The molecule has 0 bridgehead atoms. The Morgan fingerprint density at radius 3 is 2.46 bits per heavy atom. The molecule has 5 heteroatoms. The molecular formula is C8H8FN3O. The second-order valence-corrected chi connectivity index (χ2v) is 2.73. The van der Waals surface area contributed by atoms with Crippen LogP contribution in [0.4, 0.5) is 9.18 Å². The summed E-state index contributed by atoms with van der Waals surface area (Å²) in [5.41, 5.74) is 5.90. The normalized spacial score (nSPS) is 21.0. The van der Waals surface area contributed by atoms with Gasteiger partial charge in [0.2, 0.25) is 0 Å². The number of benzene rings is 1. The van der Waals surface area contributed by atoms with E-state index in [0.717, 1.165) is 5.56 Å². The van der Waals surface area contributed by atoms with Gasteiger partial charge in [-0.1, -0.05) is 12.1 Å². The number of amides is 2. The fourth-order valence-electron chi connectivity index (χ4n) is 1.16. The lowest BCUT2D eigenvalue weighted by Gasteiger charge is -2.08. The Balaban J connectivity index is 2.17. The van der Waals surface area contributed by atoms with E-state index in [4.69, 9.17) is 0 Å². The molecule has 2 rings (SSSR count). The zero-order valence-electron chi connectivity index (χ0n) is 6.67. The van der Waals surface area contributed by atoms with Gasteiger partial charge >= 0.3 is 6.03 Å². The van der Waals surface area contributed by atoms with E-state index in [-0.39, 0.29) is 18.0 Å². The van der Waals surface area contributed by atoms with Gasteiger partial charge in [0.15, 0.2) is 0 Å². The van der Waals surface area contributed by atoms with Crippen molar-refractivity contribution < 1.29 is 9.18 Å². The summed E-state index contributed by atoms with van der Waals surface area (Å²) in [4.78, 5) is 10.7. The first kappa shape index (κ1) is 8.00. The summed E-state index contributed by atoms with van der Waals surface area (Å²) < 4.78 is 12.5. The van der Waals surface area contributed by atoms with Gasteiger partial charge in [0.1, 0.15) is 12.0 Å². The molecule has 1 atom stereocenters. The molecule has 1 aromatic carbocycles. The predicted octanol–water partition coefficient (Wildman–Crippen LogP) is 0.642. The van der Waals surface area contributed by atoms with Crippen LogP contribution >= 0.6 is 0 Å². The largest absolute Gasteiger partial charge is 0.330 e. The molecule has 0 aromatic heterocycles. The highest BCUT2D eigenvalue weighted by molar-refractivity contribution is 5.75. The Morgan fingerprint density at radius 2 is 1.92 bits per heavy atom. The van der Waals surface area contributed by atoms with E-state index in [1.54, 1.807) is 12.1 Å². The van der Waals surface area contributed by atoms with Crippen molar-refractivity contribution in [2.45, 2.75) is 6.17 Å². The molecule has 0 radical (unpaired) electrons. The van der Waals surface area contributed by atoms with Crippen LogP contribution in [0.15, 0.2) is 24.3 Å². The Hall–Kier alpha value is -1.62. The number of halogens is 1. The van der Waals surface area contributed by atoms with Crippen LogP contribution in [0.3, 0.4) is 0 Å². The molecule has 2 amide bonds. The molecule has 1 aliphatic heterocycles. The van der Waals surface area contributed by atoms with Gasteiger partial charge in [-0.3, -0.25) is 5.43 Å². The number of hydrogen-bond donors (Lipinski definition) is 3. The van der Waals surface area contributed by atoms with Crippen LogP contribution in [0.1, 0.15) is 11.7 Å². The minimum absolute atomic E-state index is 0.283. The standard InChI is InChI=1S/C8H8FN3O/c9-6-3-1-5(2-4-6)7-10-8(13)12-11-7/h1-4,7,11H,(H2,10,12,13). The quantitative estimate of drug-likeness (QED) is 0.595. The molecule has 1 aliphatic rings. The summed E-state index contributed by atoms with van der Waals surface area (Å²) >= 11 is 0. The lowest BCUT2D eigenvalue weighted by atomic mass is 10.2. The van der Waals surface area contributed by atoms with Crippen molar-refractivity contribution in [3.8, 4) is 0 Å². The molecule has 3 N–H and O–H groups in total. The zero-order chi connectivity index (χ0) is 9.26. The topological polar surface area (TPSA) is 53.2 Å². The zero-order valence-corrected chi connectivity index (χ0v) is 6.67. The van der Waals surface area contributed by atoms with Gasteiger partial charge in [0, 0.05) is 0 Å². The smallest absolute Gasteiger partial charge is 0.316 e. The van der Waals surface area contributed by atoms with E-state index in [1.165, 1.54) is 12.1 Å². The minimum atomic E-state index is -0.291. The van der Waals surface area contributed by atoms with E-state index in [2.05, 4.69) is 16.2 Å². The third-order valence-electron chi connectivity index (χ3n) is 1.81. The van der Waals surface area contributed by atoms with E-state index in [0.29, 0.717) is 0 Å². The van der Waals surface area contributed by atoms with Crippen LogP contribution in [0.5, 0.6) is 0 Å². The molecule has 68 valence electrons. The molecule has 1 unspecified atom stereocenters. The maximum atomic E-state index is 12.5. The van der Waals surface area contributed by atoms with Crippen molar-refractivity contribution >= 4 is 6.03 Å². The molecule has 4 nitrogen and oxygen atoms in total. The molecule has 0 spiro atoms. The van der Waals surface area contributed by atoms with Crippen molar-refractivity contribution in [3.05, 3.63) is 35.6 Å². The van der Waals surface area contributed by atoms with Crippen molar-refractivity contribution in [1.29, 1.82) is 0 Å². The summed E-state index contributed by atoms with van der Waals surface area (Å²) in [6.07, 6.45) is -0.284. The average molecular weight is 181 g/mol. The number of rotatable bonds is 1. The summed E-state index contributed by atoms with van der Waals surface area (Å²) in [5.74, 6) is -0.291. The van der Waals surface area contributed by atoms with Gasteiger partial charge < -0.3 is 5.32 Å². The first-order chi connectivity index (χ1) is 6.25. The predicted molar refractivity (Wildman–Crippen MR) is 43.9 cm³/mol. The molecule has 0 aliphatic carbocycles. The fraction of sp³-hybridized carbons (Fsp3) is 0.125. The molecule has 13 heavy (non-hydrogen) atoms. The van der Waals surface area contributed by atoms with Crippen LogP contribution in [-0.4, -0.2) is 6.03 Å². The van der Waals surface area contributed by atoms with E-state index in [9.17, 15) is 9.18 Å². The van der Waals surface area contributed by atoms with Gasteiger partial charge in [-0.2, -0.15) is 0 Å². The molecule has 0 saturated carbocycles. The van der Waals surface area contributed by atoms with E-state index in [1.807, 2.05) is 0 Å². The lowest BCUT2D eigenvalue weighted by molar-refractivity contribution is 0.247. The maximum absolute atomic E-state index is 12.5. The highest BCUT2D eigenvalue weighted by Gasteiger charge is 2.20. The summed E-state index contributed by atoms with van der Waals surface area (Å²) in [6.45, 7) is 0. The Labute approximate surface area is 74.1 Å². The van der Waals surface area contributed by atoms with E-state index >= 15 is 0 Å². The van der Waals surface area contributed by atoms with Crippen molar-refractivity contribution in [3.63, 3.8) is 0 Å². The van der Waals surface area contributed by atoms with E-state index < -0.39 is 0 Å². The number of hydrazine groups is 1. The molecule has 1 fully saturated rings. The minimum Gasteiger partial charge on any atom is -0.316 e. The third kappa shape index (κ3) is 1.59. The second-order valence-electron chi connectivity index (χ2n) is 2.73. The van der Waals surface area contributed by atoms with Gasteiger partial charge in [-0.15, -0.1) is 0 Å².